The molecule has 1 aromatic heterocycles. The molecule has 0 saturated heterocycles. The van der Waals surface area contributed by atoms with E-state index in [-0.39, 0.29) is 18.6 Å². The molecule has 3 N–H and O–H groups in total. The Labute approximate surface area is 134 Å². The first-order valence-electron chi connectivity index (χ1n) is 7.96. The Hall–Kier alpha value is -2.34. The summed E-state index contributed by atoms with van der Waals surface area (Å²) in [6, 6.07) is 11.0. The van der Waals surface area contributed by atoms with Gasteiger partial charge in [-0.3, -0.25) is 0 Å². The van der Waals surface area contributed by atoms with Gasteiger partial charge in [-0.25, -0.2) is 4.79 Å². The van der Waals surface area contributed by atoms with Crippen LogP contribution in [-0.2, 0) is 6.54 Å². The summed E-state index contributed by atoms with van der Waals surface area (Å²) in [6.45, 7) is 0.283. The molecule has 6 heteroatoms. The lowest BCUT2D eigenvalue weighted by Gasteiger charge is -2.28. The summed E-state index contributed by atoms with van der Waals surface area (Å²) in [7, 11) is 0. The average molecular weight is 315 g/mol. The molecule has 122 valence electrons. The summed E-state index contributed by atoms with van der Waals surface area (Å²) in [5, 5.41) is 19.4. The minimum atomic E-state index is -0.453. The van der Waals surface area contributed by atoms with Crippen LogP contribution in [0.1, 0.15) is 31.4 Å². The van der Waals surface area contributed by atoms with Crippen molar-refractivity contribution in [2.75, 3.05) is 0 Å². The lowest BCUT2D eigenvalue weighted by Crippen LogP contribution is -2.48. The van der Waals surface area contributed by atoms with E-state index in [0.29, 0.717) is 11.5 Å². The fourth-order valence-corrected chi connectivity index (χ4v) is 2.80. The molecule has 1 saturated carbocycles. The fraction of sp³-hybridized carbons (Fsp3) is 0.412. The van der Waals surface area contributed by atoms with Crippen molar-refractivity contribution in [1.29, 1.82) is 0 Å². The fourth-order valence-electron chi connectivity index (χ4n) is 2.80. The smallest absolute Gasteiger partial charge is 0.315 e. The second-order valence-corrected chi connectivity index (χ2v) is 5.83. The van der Waals surface area contributed by atoms with E-state index in [2.05, 4.69) is 15.8 Å². The Bertz CT molecular complexity index is 642. The predicted octanol–water partition coefficient (Wildman–Crippen LogP) is 2.44. The molecule has 1 fully saturated rings. The van der Waals surface area contributed by atoms with Crippen LogP contribution in [0.3, 0.4) is 0 Å². The van der Waals surface area contributed by atoms with Crippen molar-refractivity contribution < 1.29 is 14.4 Å². The number of hydrogen-bond acceptors (Lipinski definition) is 4. The number of hydrogen-bond donors (Lipinski definition) is 3. The molecule has 23 heavy (non-hydrogen) atoms. The highest BCUT2D eigenvalue weighted by atomic mass is 16.5. The van der Waals surface area contributed by atoms with Crippen molar-refractivity contribution in [3.8, 4) is 11.3 Å². The van der Waals surface area contributed by atoms with Gasteiger partial charge in [-0.15, -0.1) is 0 Å². The zero-order valence-corrected chi connectivity index (χ0v) is 12.9. The van der Waals surface area contributed by atoms with Gasteiger partial charge in [0.05, 0.1) is 18.7 Å². The van der Waals surface area contributed by atoms with Gasteiger partial charge < -0.3 is 20.3 Å². The van der Waals surface area contributed by atoms with Crippen LogP contribution in [0.4, 0.5) is 4.79 Å². The van der Waals surface area contributed by atoms with E-state index < -0.39 is 6.10 Å². The van der Waals surface area contributed by atoms with Gasteiger partial charge in [0.15, 0.2) is 5.76 Å². The van der Waals surface area contributed by atoms with E-state index in [4.69, 9.17) is 4.52 Å². The molecule has 3 rings (SSSR count). The van der Waals surface area contributed by atoms with E-state index in [0.717, 1.165) is 31.2 Å². The molecule has 0 aliphatic heterocycles. The normalized spacial score (nSPS) is 20.9. The minimum Gasteiger partial charge on any atom is -0.391 e. The van der Waals surface area contributed by atoms with Gasteiger partial charge in [-0.05, 0) is 12.8 Å². The topological polar surface area (TPSA) is 87.4 Å². The summed E-state index contributed by atoms with van der Waals surface area (Å²) < 4.78 is 5.29. The molecule has 6 nitrogen and oxygen atoms in total. The third-order valence-corrected chi connectivity index (χ3v) is 4.09. The van der Waals surface area contributed by atoms with Crippen molar-refractivity contribution >= 4 is 6.03 Å². The van der Waals surface area contributed by atoms with Crippen LogP contribution >= 0.6 is 0 Å². The predicted molar refractivity (Wildman–Crippen MR) is 85.6 cm³/mol. The molecular weight excluding hydrogens is 294 g/mol. The lowest BCUT2D eigenvalue weighted by molar-refractivity contribution is 0.0943. The largest absolute Gasteiger partial charge is 0.391 e. The minimum absolute atomic E-state index is 0.166. The maximum atomic E-state index is 11.9. The number of urea groups is 1. The number of aromatic nitrogens is 1. The van der Waals surface area contributed by atoms with Crippen LogP contribution in [0.25, 0.3) is 11.3 Å². The maximum Gasteiger partial charge on any atom is 0.315 e. The number of aliphatic hydroxyl groups is 1. The molecule has 2 aromatic rings. The monoisotopic (exact) mass is 315 g/mol. The van der Waals surface area contributed by atoms with Crippen LogP contribution < -0.4 is 10.6 Å². The number of aliphatic hydroxyl groups excluding tert-OH is 1. The Morgan fingerprint density at radius 1 is 1.26 bits per heavy atom. The van der Waals surface area contributed by atoms with Crippen molar-refractivity contribution in [2.45, 2.75) is 44.4 Å². The van der Waals surface area contributed by atoms with Gasteiger partial charge in [-0.2, -0.15) is 0 Å². The van der Waals surface area contributed by atoms with Gasteiger partial charge in [-0.1, -0.05) is 48.3 Å². The van der Waals surface area contributed by atoms with E-state index in [9.17, 15) is 9.90 Å². The maximum absolute atomic E-state index is 11.9. The zero-order valence-electron chi connectivity index (χ0n) is 12.9. The summed E-state index contributed by atoms with van der Waals surface area (Å²) in [4.78, 5) is 11.9. The molecule has 1 aliphatic carbocycles. The third kappa shape index (κ3) is 4.10. The number of carbonyl (C=O) groups excluding carboxylic acids is 1. The second-order valence-electron chi connectivity index (χ2n) is 5.83. The van der Waals surface area contributed by atoms with Gasteiger partial charge in [0.2, 0.25) is 0 Å². The Balaban J connectivity index is 1.50. The van der Waals surface area contributed by atoms with Crippen LogP contribution in [0, 0.1) is 0 Å². The molecule has 2 atom stereocenters. The third-order valence-electron chi connectivity index (χ3n) is 4.09. The number of rotatable bonds is 4. The first kappa shape index (κ1) is 15.6. The number of nitrogens with zero attached hydrogens (tertiary/aromatic N) is 1. The average Bonchev–Trinajstić information content (AvgIpc) is 3.05. The molecule has 2 amide bonds. The number of benzene rings is 1. The van der Waals surface area contributed by atoms with E-state index in [1.54, 1.807) is 0 Å². The van der Waals surface area contributed by atoms with Crippen molar-refractivity contribution in [2.24, 2.45) is 0 Å². The van der Waals surface area contributed by atoms with Crippen molar-refractivity contribution in [1.82, 2.24) is 15.8 Å². The van der Waals surface area contributed by atoms with E-state index in [1.807, 2.05) is 36.4 Å². The Morgan fingerprint density at radius 2 is 2.04 bits per heavy atom. The quantitative estimate of drug-likeness (QED) is 0.808. The lowest BCUT2D eigenvalue weighted by atomic mass is 9.93. The van der Waals surface area contributed by atoms with Gasteiger partial charge in [0, 0.05) is 11.6 Å². The van der Waals surface area contributed by atoms with E-state index in [1.165, 1.54) is 0 Å². The highest BCUT2D eigenvalue weighted by molar-refractivity contribution is 5.74. The number of carbonyl (C=O) groups is 1. The van der Waals surface area contributed by atoms with Crippen LogP contribution in [-0.4, -0.2) is 28.4 Å². The summed E-state index contributed by atoms with van der Waals surface area (Å²) in [5.74, 6) is 0.672. The number of nitrogens with one attached hydrogen (secondary N) is 2. The van der Waals surface area contributed by atoms with Gasteiger partial charge in [0.1, 0.15) is 5.69 Å². The van der Waals surface area contributed by atoms with Crippen LogP contribution in [0.2, 0.25) is 0 Å². The summed E-state index contributed by atoms with van der Waals surface area (Å²) in [5.41, 5.74) is 1.60. The molecular formula is C17H21N3O3. The molecule has 0 bridgehead atoms. The van der Waals surface area contributed by atoms with Gasteiger partial charge >= 0.3 is 6.03 Å². The standard InChI is InChI=1S/C17H21N3O3/c21-15-9-5-4-8-14(15)19-17(22)18-11-13-10-16(23-20-13)12-6-2-1-3-7-12/h1-3,6-7,10,14-15,21H,4-5,8-9,11H2,(H2,18,19,22). The van der Waals surface area contributed by atoms with Gasteiger partial charge in [0.25, 0.3) is 0 Å². The second kappa shape index (κ2) is 7.28. The SMILES string of the molecule is O=C(NCc1cc(-c2ccccc2)on1)NC1CCCCC1O. The molecule has 0 spiro atoms. The highest BCUT2D eigenvalue weighted by Gasteiger charge is 2.24. The molecule has 1 aliphatic rings. The first-order valence-corrected chi connectivity index (χ1v) is 7.96. The zero-order chi connectivity index (χ0) is 16.1. The Morgan fingerprint density at radius 3 is 2.83 bits per heavy atom. The van der Waals surface area contributed by atoms with E-state index >= 15 is 0 Å². The van der Waals surface area contributed by atoms with Crippen LogP contribution in [0.15, 0.2) is 40.9 Å². The molecule has 2 unspecified atom stereocenters. The number of amides is 2. The Kier molecular flexibility index (Phi) is 4.92. The molecule has 1 heterocycles. The molecule has 0 radical (unpaired) electrons. The summed E-state index contributed by atoms with van der Waals surface area (Å²) >= 11 is 0. The van der Waals surface area contributed by atoms with Crippen molar-refractivity contribution in [3.05, 3.63) is 42.1 Å². The first-order chi connectivity index (χ1) is 11.2. The van der Waals surface area contributed by atoms with Crippen molar-refractivity contribution in [3.63, 3.8) is 0 Å². The summed E-state index contributed by atoms with van der Waals surface area (Å²) in [6.07, 6.45) is 3.16. The highest BCUT2D eigenvalue weighted by Crippen LogP contribution is 2.20. The molecule has 1 aromatic carbocycles. The van der Waals surface area contributed by atoms with Crippen LogP contribution in [0.5, 0.6) is 0 Å².